The van der Waals surface area contributed by atoms with Crippen LogP contribution in [0.3, 0.4) is 0 Å². The van der Waals surface area contributed by atoms with Crippen LogP contribution in [0.15, 0.2) is 42.7 Å². The highest BCUT2D eigenvalue weighted by molar-refractivity contribution is 6.11. The minimum Gasteiger partial charge on any atom is -0.369 e. The van der Waals surface area contributed by atoms with Gasteiger partial charge in [0.1, 0.15) is 5.82 Å². The molecule has 1 amide bonds. The summed E-state index contributed by atoms with van der Waals surface area (Å²) in [6.07, 6.45) is 3.85. The highest BCUT2D eigenvalue weighted by Crippen LogP contribution is 2.44. The summed E-state index contributed by atoms with van der Waals surface area (Å²) in [5.41, 5.74) is 5.65. The van der Waals surface area contributed by atoms with Gasteiger partial charge in [0, 0.05) is 47.8 Å². The molecule has 2 aromatic carbocycles. The zero-order chi connectivity index (χ0) is 22.9. The number of H-pyrrole nitrogens is 1. The largest absolute Gasteiger partial charge is 0.369 e. The Labute approximate surface area is 190 Å². The number of nitrogens with one attached hydrogen (secondary N) is 1. The minimum absolute atomic E-state index is 0.228. The van der Waals surface area contributed by atoms with Crippen LogP contribution in [0.25, 0.3) is 11.0 Å². The van der Waals surface area contributed by atoms with E-state index in [2.05, 4.69) is 26.9 Å². The third-order valence-corrected chi connectivity index (χ3v) is 7.18. The van der Waals surface area contributed by atoms with Crippen molar-refractivity contribution in [1.82, 2.24) is 19.7 Å². The molecule has 6 rings (SSSR count). The van der Waals surface area contributed by atoms with Crippen molar-refractivity contribution >= 4 is 28.3 Å². The summed E-state index contributed by atoms with van der Waals surface area (Å²) in [5.74, 6) is -0.540. The van der Waals surface area contributed by atoms with Crippen LogP contribution in [0.2, 0.25) is 0 Å². The summed E-state index contributed by atoms with van der Waals surface area (Å²) in [6, 6.07) is 10.8. The smallest absolute Gasteiger partial charge is 0.280 e. The van der Waals surface area contributed by atoms with Gasteiger partial charge < -0.3 is 9.88 Å². The Balaban J connectivity index is 1.50. The summed E-state index contributed by atoms with van der Waals surface area (Å²) in [5, 5.41) is 4.47. The predicted octanol–water partition coefficient (Wildman–Crippen LogP) is 4.48. The van der Waals surface area contributed by atoms with Gasteiger partial charge in [-0.3, -0.25) is 14.4 Å². The summed E-state index contributed by atoms with van der Waals surface area (Å²) >= 11 is 0. The molecule has 4 heterocycles. The second-order valence-corrected chi connectivity index (χ2v) is 9.04. The summed E-state index contributed by atoms with van der Waals surface area (Å²) in [6.45, 7) is 5.03. The van der Waals surface area contributed by atoms with Crippen LogP contribution in [0, 0.1) is 12.7 Å². The Morgan fingerprint density at radius 1 is 1.15 bits per heavy atom. The number of aromatic nitrogens is 4. The van der Waals surface area contributed by atoms with E-state index in [1.54, 1.807) is 22.0 Å². The summed E-state index contributed by atoms with van der Waals surface area (Å²) in [7, 11) is 1.81. The number of fused-ring (bicyclic) bond motifs is 2. The number of halogens is 1. The fraction of sp³-hybridized carbons (Fsp3) is 0.320. The van der Waals surface area contributed by atoms with E-state index < -0.39 is 6.04 Å². The fourth-order valence-electron chi connectivity index (χ4n) is 5.34. The van der Waals surface area contributed by atoms with E-state index in [1.807, 2.05) is 44.3 Å². The lowest BCUT2D eigenvalue weighted by Gasteiger charge is -2.28. The molecule has 1 N–H and O–H groups in total. The number of hydrogen-bond acceptors (Lipinski definition) is 4. The second kappa shape index (κ2) is 7.16. The van der Waals surface area contributed by atoms with Crippen molar-refractivity contribution in [1.29, 1.82) is 0 Å². The van der Waals surface area contributed by atoms with Crippen LogP contribution in [0.5, 0.6) is 0 Å². The van der Waals surface area contributed by atoms with E-state index >= 15 is 4.39 Å². The van der Waals surface area contributed by atoms with Crippen LogP contribution in [-0.4, -0.2) is 38.2 Å². The first kappa shape index (κ1) is 20.0. The molecule has 0 spiro atoms. The van der Waals surface area contributed by atoms with Gasteiger partial charge in [-0.15, -0.1) is 0 Å². The van der Waals surface area contributed by atoms with Crippen molar-refractivity contribution in [3.8, 4) is 0 Å². The van der Waals surface area contributed by atoms with Crippen LogP contribution < -0.4 is 9.80 Å². The van der Waals surface area contributed by atoms with Crippen molar-refractivity contribution in [2.75, 3.05) is 16.3 Å². The van der Waals surface area contributed by atoms with E-state index in [0.29, 0.717) is 23.0 Å². The van der Waals surface area contributed by atoms with Gasteiger partial charge in [-0.1, -0.05) is 6.07 Å². The first-order valence-electron chi connectivity index (χ1n) is 11.3. The molecule has 1 unspecified atom stereocenters. The number of hydrogen-bond donors (Lipinski definition) is 1. The van der Waals surface area contributed by atoms with Gasteiger partial charge in [-0.05, 0) is 57.0 Å². The van der Waals surface area contributed by atoms with Gasteiger partial charge in [-0.2, -0.15) is 5.10 Å². The van der Waals surface area contributed by atoms with Crippen molar-refractivity contribution in [2.45, 2.75) is 38.8 Å². The number of imidazole rings is 1. The molecule has 0 bridgehead atoms. The minimum atomic E-state index is -0.591. The molecular formula is C25H25FN6O. The highest BCUT2D eigenvalue weighted by Gasteiger charge is 2.44. The third-order valence-electron chi connectivity index (χ3n) is 7.18. The van der Waals surface area contributed by atoms with Crippen molar-refractivity contribution in [3.63, 3.8) is 0 Å². The standard InChI is InChI=1S/C25H25FN6O/c1-14-5-4-10-31(14)16-6-8-18(19(26)11-16)24-22-15(2)30(3)29-23(22)25(33)32(24)17-7-9-20-21(12-17)28-13-27-20/h6-9,11-14,24H,4-5,10H2,1-3H3,(H,27,28)/t14-,24?/m0/s1. The normalized spacial score (nSPS) is 20.3. The molecule has 7 nitrogen and oxygen atoms in total. The molecule has 168 valence electrons. The number of aromatic amines is 1. The second-order valence-electron chi connectivity index (χ2n) is 9.04. The molecule has 0 radical (unpaired) electrons. The topological polar surface area (TPSA) is 70.0 Å². The first-order chi connectivity index (χ1) is 15.9. The Kier molecular flexibility index (Phi) is 4.33. The zero-order valence-corrected chi connectivity index (χ0v) is 18.8. The maximum atomic E-state index is 15.7. The van der Waals surface area contributed by atoms with Crippen LogP contribution in [-0.2, 0) is 7.05 Å². The number of amides is 1. The van der Waals surface area contributed by atoms with Crippen molar-refractivity contribution in [2.24, 2.45) is 7.05 Å². The number of rotatable bonds is 3. The molecule has 1 fully saturated rings. The van der Waals surface area contributed by atoms with Crippen LogP contribution >= 0.6 is 0 Å². The number of aryl methyl sites for hydroxylation is 1. The van der Waals surface area contributed by atoms with E-state index in [0.717, 1.165) is 47.4 Å². The van der Waals surface area contributed by atoms with Gasteiger partial charge >= 0.3 is 0 Å². The average Bonchev–Trinajstić information content (AvgIpc) is 3.55. The highest BCUT2D eigenvalue weighted by atomic mass is 19.1. The summed E-state index contributed by atoms with van der Waals surface area (Å²) < 4.78 is 17.4. The lowest BCUT2D eigenvalue weighted by atomic mass is 9.97. The molecule has 2 aliphatic rings. The summed E-state index contributed by atoms with van der Waals surface area (Å²) in [4.78, 5) is 24.8. The predicted molar refractivity (Wildman–Crippen MR) is 125 cm³/mol. The van der Waals surface area contributed by atoms with Crippen molar-refractivity contribution in [3.05, 3.63) is 71.1 Å². The zero-order valence-electron chi connectivity index (χ0n) is 18.8. The quantitative estimate of drug-likeness (QED) is 0.506. The Morgan fingerprint density at radius 3 is 2.73 bits per heavy atom. The molecule has 0 saturated carbocycles. The van der Waals surface area contributed by atoms with Crippen molar-refractivity contribution < 1.29 is 9.18 Å². The molecule has 2 atom stereocenters. The van der Waals surface area contributed by atoms with Gasteiger partial charge in [0.25, 0.3) is 5.91 Å². The molecule has 0 aliphatic carbocycles. The number of carbonyl (C=O) groups excluding carboxylic acids is 1. The molecular weight excluding hydrogens is 419 g/mol. The van der Waals surface area contributed by atoms with Gasteiger partial charge in [0.15, 0.2) is 5.69 Å². The number of anilines is 2. The Bertz CT molecular complexity index is 1410. The van der Waals surface area contributed by atoms with Gasteiger partial charge in [0.05, 0.1) is 23.4 Å². The number of benzene rings is 2. The van der Waals surface area contributed by atoms with E-state index in [-0.39, 0.29) is 11.7 Å². The molecule has 2 aromatic heterocycles. The van der Waals surface area contributed by atoms with Crippen LogP contribution in [0.1, 0.15) is 53.1 Å². The molecule has 8 heteroatoms. The lowest BCUT2D eigenvalue weighted by Crippen LogP contribution is -2.30. The number of carbonyl (C=O) groups is 1. The lowest BCUT2D eigenvalue weighted by molar-refractivity contribution is 0.0988. The van der Waals surface area contributed by atoms with Crippen LogP contribution in [0.4, 0.5) is 15.8 Å². The Morgan fingerprint density at radius 2 is 1.97 bits per heavy atom. The molecule has 33 heavy (non-hydrogen) atoms. The monoisotopic (exact) mass is 444 g/mol. The molecule has 1 saturated heterocycles. The van der Waals surface area contributed by atoms with Gasteiger partial charge in [-0.25, -0.2) is 9.37 Å². The first-order valence-corrected chi connectivity index (χ1v) is 11.3. The molecule has 2 aliphatic heterocycles. The van der Waals surface area contributed by atoms with E-state index in [9.17, 15) is 4.79 Å². The molecule has 4 aromatic rings. The average molecular weight is 445 g/mol. The maximum Gasteiger partial charge on any atom is 0.280 e. The maximum absolute atomic E-state index is 15.7. The third kappa shape index (κ3) is 2.90. The SMILES string of the molecule is Cc1c2c(nn1C)C(=O)N(c1ccc3nc[nH]c3c1)C2c1ccc(N2CCC[C@@H]2C)cc1F. The van der Waals surface area contributed by atoms with E-state index in [4.69, 9.17) is 0 Å². The number of nitrogens with zero attached hydrogens (tertiary/aromatic N) is 5. The fourth-order valence-corrected chi connectivity index (χ4v) is 5.34. The Hall–Kier alpha value is -3.68. The van der Waals surface area contributed by atoms with E-state index in [1.165, 1.54) is 0 Å². The van der Waals surface area contributed by atoms with Gasteiger partial charge in [0.2, 0.25) is 0 Å².